The number of nitrogens with two attached hydrogens (primary N) is 3. The third-order valence-electron chi connectivity index (χ3n) is 4.73. The van der Waals surface area contributed by atoms with Gasteiger partial charge in [-0.2, -0.15) is 0 Å². The van der Waals surface area contributed by atoms with E-state index in [0.29, 0.717) is 5.69 Å². The standard InChI is InChI=1S/C19H30N8O8/c1-8(28)15(27-16(31)10(20)2-3-13(21)29)18(33)25-11(5-14(22)30)17(32)26-12(19(34)35)4-9-6-23-7-24-9/h6-8,10-12,15,28H,2-5,20H2,1H3,(H2,21,29)(H2,22,30)(H,23,24)(H,25,33)(H,26,32)(H,27,31)(H,34,35). The smallest absolute Gasteiger partial charge is 0.326 e. The van der Waals surface area contributed by atoms with Gasteiger partial charge in [-0.1, -0.05) is 0 Å². The zero-order valence-electron chi connectivity index (χ0n) is 18.9. The molecule has 0 fully saturated rings. The molecule has 35 heavy (non-hydrogen) atoms. The van der Waals surface area contributed by atoms with Crippen molar-refractivity contribution in [2.24, 2.45) is 17.2 Å². The number of primary amides is 2. The van der Waals surface area contributed by atoms with Gasteiger partial charge in [0.05, 0.1) is 24.9 Å². The zero-order chi connectivity index (χ0) is 26.7. The number of H-pyrrole nitrogens is 1. The molecule has 0 aliphatic heterocycles. The number of carboxylic acids is 1. The van der Waals surface area contributed by atoms with Crippen LogP contribution in [0.25, 0.3) is 0 Å². The van der Waals surface area contributed by atoms with Crippen LogP contribution in [-0.2, 0) is 35.2 Å². The van der Waals surface area contributed by atoms with Gasteiger partial charge in [0, 0.05) is 24.7 Å². The van der Waals surface area contributed by atoms with Crippen molar-refractivity contribution in [3.63, 3.8) is 0 Å². The summed E-state index contributed by atoms with van der Waals surface area (Å²) < 4.78 is 0. The number of aliphatic hydroxyl groups excluding tert-OH is 1. The molecule has 16 heteroatoms. The van der Waals surface area contributed by atoms with Crippen LogP contribution >= 0.6 is 0 Å². The molecule has 0 aliphatic carbocycles. The fourth-order valence-corrected chi connectivity index (χ4v) is 2.85. The number of imidazole rings is 1. The molecule has 0 aliphatic rings. The van der Waals surface area contributed by atoms with Crippen molar-refractivity contribution >= 4 is 35.5 Å². The maximum absolute atomic E-state index is 12.7. The van der Waals surface area contributed by atoms with Gasteiger partial charge in [-0.15, -0.1) is 0 Å². The third kappa shape index (κ3) is 10.2. The maximum Gasteiger partial charge on any atom is 0.326 e. The van der Waals surface area contributed by atoms with Crippen molar-refractivity contribution < 1.29 is 39.0 Å². The second kappa shape index (κ2) is 13.6. The second-order valence-corrected chi connectivity index (χ2v) is 7.75. The molecule has 0 saturated carbocycles. The van der Waals surface area contributed by atoms with Crippen molar-refractivity contribution in [1.82, 2.24) is 25.9 Å². The minimum absolute atomic E-state index is 0.116. The number of nitrogens with one attached hydrogen (secondary N) is 4. The van der Waals surface area contributed by atoms with Gasteiger partial charge in [-0.25, -0.2) is 9.78 Å². The van der Waals surface area contributed by atoms with Crippen LogP contribution in [0.15, 0.2) is 12.5 Å². The van der Waals surface area contributed by atoms with Crippen LogP contribution in [0.4, 0.5) is 0 Å². The van der Waals surface area contributed by atoms with Crippen LogP contribution in [0, 0.1) is 0 Å². The number of carbonyl (C=O) groups excluding carboxylic acids is 5. The fraction of sp³-hybridized carbons (Fsp3) is 0.526. The first-order chi connectivity index (χ1) is 16.3. The van der Waals surface area contributed by atoms with Crippen LogP contribution in [-0.4, -0.2) is 86.0 Å². The van der Waals surface area contributed by atoms with Gasteiger partial charge in [0.2, 0.25) is 29.5 Å². The molecule has 1 rings (SSSR count). The number of aliphatic hydroxyl groups is 1. The summed E-state index contributed by atoms with van der Waals surface area (Å²) in [5.74, 6) is -6.07. The van der Waals surface area contributed by atoms with Crippen LogP contribution in [0.5, 0.6) is 0 Å². The van der Waals surface area contributed by atoms with Crippen molar-refractivity contribution in [3.8, 4) is 0 Å². The van der Waals surface area contributed by atoms with Gasteiger partial charge in [0.15, 0.2) is 0 Å². The van der Waals surface area contributed by atoms with Gasteiger partial charge < -0.3 is 48.3 Å². The van der Waals surface area contributed by atoms with Gasteiger partial charge in [-0.3, -0.25) is 24.0 Å². The minimum atomic E-state index is -1.62. The molecule has 5 unspecified atom stereocenters. The lowest BCUT2D eigenvalue weighted by atomic mass is 10.1. The van der Waals surface area contributed by atoms with Crippen LogP contribution < -0.4 is 33.2 Å². The molecule has 1 aromatic rings. The number of aliphatic carboxylic acids is 1. The van der Waals surface area contributed by atoms with Crippen LogP contribution in [0.1, 0.15) is 31.9 Å². The molecule has 0 bridgehead atoms. The van der Waals surface area contributed by atoms with E-state index in [2.05, 4.69) is 25.9 Å². The number of carboxylic acid groups (broad SMARTS) is 1. The summed E-state index contributed by atoms with van der Waals surface area (Å²) in [5.41, 5.74) is 16.2. The van der Waals surface area contributed by atoms with Crippen LogP contribution in [0.2, 0.25) is 0 Å². The normalized spacial score (nSPS) is 15.1. The maximum atomic E-state index is 12.7. The molecule has 5 amide bonds. The molecule has 0 aromatic carbocycles. The number of aromatic nitrogens is 2. The minimum Gasteiger partial charge on any atom is -0.480 e. The molecular weight excluding hydrogens is 468 g/mol. The Labute approximate surface area is 199 Å². The molecule has 5 atom stereocenters. The summed E-state index contributed by atoms with van der Waals surface area (Å²) >= 11 is 0. The number of hydrogen-bond donors (Lipinski definition) is 9. The molecule has 16 nitrogen and oxygen atoms in total. The van der Waals surface area contributed by atoms with Crippen LogP contribution in [0.3, 0.4) is 0 Å². The molecule has 0 spiro atoms. The third-order valence-corrected chi connectivity index (χ3v) is 4.73. The first kappa shape index (κ1) is 29.0. The first-order valence-corrected chi connectivity index (χ1v) is 10.4. The van der Waals surface area contributed by atoms with E-state index < -0.39 is 72.2 Å². The predicted molar refractivity (Wildman–Crippen MR) is 118 cm³/mol. The quantitative estimate of drug-likeness (QED) is 0.111. The first-order valence-electron chi connectivity index (χ1n) is 10.4. The lowest BCUT2D eigenvalue weighted by Gasteiger charge is -2.26. The number of rotatable bonds is 15. The highest BCUT2D eigenvalue weighted by Gasteiger charge is 2.33. The van der Waals surface area contributed by atoms with Gasteiger partial charge in [-0.05, 0) is 13.3 Å². The Morgan fingerprint density at radius 3 is 2.11 bits per heavy atom. The Morgan fingerprint density at radius 1 is 1.00 bits per heavy atom. The number of hydrogen-bond acceptors (Lipinski definition) is 9. The molecule has 0 saturated heterocycles. The van der Waals surface area contributed by atoms with E-state index in [1.165, 1.54) is 19.4 Å². The Morgan fingerprint density at radius 2 is 1.63 bits per heavy atom. The summed E-state index contributed by atoms with van der Waals surface area (Å²) in [6, 6.07) is -5.89. The Bertz CT molecular complexity index is 920. The lowest BCUT2D eigenvalue weighted by molar-refractivity contribution is -0.142. The van der Waals surface area contributed by atoms with E-state index in [4.69, 9.17) is 17.2 Å². The topological polar surface area (TPSA) is 286 Å². The average molecular weight is 498 g/mol. The van der Waals surface area contributed by atoms with Crippen molar-refractivity contribution in [2.75, 3.05) is 0 Å². The lowest BCUT2D eigenvalue weighted by Crippen LogP contribution is -2.60. The SMILES string of the molecule is CC(O)C(NC(=O)C(N)CCC(N)=O)C(=O)NC(CC(N)=O)C(=O)NC(Cc1cnc[nH]1)C(=O)O. The van der Waals surface area contributed by atoms with Crippen molar-refractivity contribution in [1.29, 1.82) is 0 Å². The highest BCUT2D eigenvalue weighted by Crippen LogP contribution is 2.03. The van der Waals surface area contributed by atoms with Crippen molar-refractivity contribution in [3.05, 3.63) is 18.2 Å². The summed E-state index contributed by atoms with van der Waals surface area (Å²) in [4.78, 5) is 78.0. The van der Waals surface area contributed by atoms with E-state index in [1.807, 2.05) is 0 Å². The van der Waals surface area contributed by atoms with Gasteiger partial charge in [0.25, 0.3) is 0 Å². The summed E-state index contributed by atoms with van der Waals surface area (Å²) in [5, 5.41) is 25.9. The van der Waals surface area contributed by atoms with E-state index in [0.717, 1.165) is 0 Å². The molecule has 12 N–H and O–H groups in total. The number of amides is 5. The largest absolute Gasteiger partial charge is 0.480 e. The Kier molecular flexibility index (Phi) is 11.3. The van der Waals surface area contributed by atoms with E-state index >= 15 is 0 Å². The molecule has 194 valence electrons. The Hall–Kier alpha value is -4.05. The van der Waals surface area contributed by atoms with Gasteiger partial charge in [0.1, 0.15) is 18.1 Å². The summed E-state index contributed by atoms with van der Waals surface area (Å²) in [6.45, 7) is 1.17. The summed E-state index contributed by atoms with van der Waals surface area (Å²) in [7, 11) is 0. The second-order valence-electron chi connectivity index (χ2n) is 7.75. The molecule has 0 radical (unpaired) electrons. The number of aromatic amines is 1. The van der Waals surface area contributed by atoms with E-state index in [-0.39, 0.29) is 19.3 Å². The zero-order valence-corrected chi connectivity index (χ0v) is 18.9. The number of nitrogens with zero attached hydrogens (tertiary/aromatic N) is 1. The number of carbonyl (C=O) groups is 6. The van der Waals surface area contributed by atoms with Crippen molar-refractivity contribution in [2.45, 2.75) is 62.9 Å². The average Bonchev–Trinajstić information content (AvgIpc) is 3.26. The van der Waals surface area contributed by atoms with Gasteiger partial charge >= 0.3 is 5.97 Å². The van der Waals surface area contributed by atoms with E-state index in [1.54, 1.807) is 0 Å². The summed E-state index contributed by atoms with van der Waals surface area (Å²) in [6.07, 6.45) is 0.0250. The molecular formula is C19H30N8O8. The monoisotopic (exact) mass is 498 g/mol. The Balaban J connectivity index is 2.93. The molecule has 1 aromatic heterocycles. The van der Waals surface area contributed by atoms with E-state index in [9.17, 15) is 39.0 Å². The molecule has 1 heterocycles. The fourth-order valence-electron chi connectivity index (χ4n) is 2.85. The highest BCUT2D eigenvalue weighted by atomic mass is 16.4. The highest BCUT2D eigenvalue weighted by molar-refractivity contribution is 5.96. The predicted octanol–water partition coefficient (Wildman–Crippen LogP) is -4.66.